The van der Waals surface area contributed by atoms with Gasteiger partial charge >= 0.3 is 0 Å². The molecule has 0 unspecified atom stereocenters. The number of rotatable bonds is 3. The van der Waals surface area contributed by atoms with Crippen LogP contribution in [0.15, 0.2) is 17.0 Å². The highest BCUT2D eigenvalue weighted by Crippen LogP contribution is 2.43. The molecule has 3 N–H and O–H groups in total. The van der Waals surface area contributed by atoms with Crippen LogP contribution < -0.4 is 5.73 Å². The molecule has 1 atom stereocenters. The van der Waals surface area contributed by atoms with Crippen molar-refractivity contribution >= 4 is 27.1 Å². The number of anilines is 1. The number of phenols is 1. The molecular weight excluding hydrogens is 331 g/mol. The van der Waals surface area contributed by atoms with Crippen molar-refractivity contribution in [3.05, 3.63) is 17.2 Å². The summed E-state index contributed by atoms with van der Waals surface area (Å²) in [6.45, 7) is 1.05. The number of nitrogens with zero attached hydrogens (tertiary/aromatic N) is 1. The molecule has 2 aliphatic rings. The lowest BCUT2D eigenvalue weighted by atomic mass is 9.91. The normalized spacial score (nSPS) is 29.5. The van der Waals surface area contributed by atoms with E-state index in [-0.39, 0.29) is 21.6 Å². The number of nitrogens with two attached hydrogens (primary N) is 1. The zero-order chi connectivity index (χ0) is 16.1. The fraction of sp³-hybridized carbons (Fsp3) is 0.571. The first-order valence-corrected chi connectivity index (χ1v) is 9.12. The zero-order valence-electron chi connectivity index (χ0n) is 11.9. The Hall–Kier alpha value is -1.05. The van der Waals surface area contributed by atoms with Gasteiger partial charge in [0.1, 0.15) is 11.1 Å². The molecule has 3 rings (SSSR count). The quantitative estimate of drug-likeness (QED) is 0.644. The molecule has 122 valence electrons. The van der Waals surface area contributed by atoms with Gasteiger partial charge in [-0.3, -0.25) is 4.90 Å². The van der Waals surface area contributed by atoms with Crippen LogP contribution in [0, 0.1) is 0 Å². The van der Waals surface area contributed by atoms with Gasteiger partial charge in [-0.2, -0.15) is 0 Å². The number of benzene rings is 1. The summed E-state index contributed by atoms with van der Waals surface area (Å²) in [6, 6.07) is 2.82. The summed E-state index contributed by atoms with van der Waals surface area (Å²) in [5.74, 6) is -0.485. The number of likely N-dealkylation sites (tertiary alicyclic amines) is 1. The van der Waals surface area contributed by atoms with Crippen molar-refractivity contribution in [2.24, 2.45) is 0 Å². The summed E-state index contributed by atoms with van der Waals surface area (Å²) in [7, 11) is -3.74. The van der Waals surface area contributed by atoms with E-state index in [1.807, 2.05) is 4.90 Å². The molecule has 0 radical (unpaired) electrons. The molecule has 1 aliphatic heterocycles. The third kappa shape index (κ3) is 2.55. The van der Waals surface area contributed by atoms with Crippen molar-refractivity contribution in [1.82, 2.24) is 4.90 Å². The van der Waals surface area contributed by atoms with Crippen LogP contribution in [-0.2, 0) is 9.84 Å². The van der Waals surface area contributed by atoms with Crippen LogP contribution in [-0.4, -0.2) is 49.0 Å². The lowest BCUT2D eigenvalue weighted by Gasteiger charge is -2.40. The molecule has 1 aromatic carbocycles. The summed E-state index contributed by atoms with van der Waals surface area (Å²) in [4.78, 5) is 1.71. The van der Waals surface area contributed by atoms with Gasteiger partial charge in [-0.15, -0.1) is 0 Å². The van der Waals surface area contributed by atoms with E-state index in [2.05, 4.69) is 0 Å². The Morgan fingerprint density at radius 1 is 1.36 bits per heavy atom. The number of sulfone groups is 1. The van der Waals surface area contributed by atoms with Crippen LogP contribution in [0.1, 0.15) is 19.3 Å². The first-order valence-electron chi connectivity index (χ1n) is 7.19. The van der Waals surface area contributed by atoms with Gasteiger partial charge in [0.15, 0.2) is 15.6 Å². The van der Waals surface area contributed by atoms with Crippen molar-refractivity contribution in [3.8, 4) is 5.75 Å². The highest BCUT2D eigenvalue weighted by Gasteiger charge is 2.45. The highest BCUT2D eigenvalue weighted by molar-refractivity contribution is 7.92. The van der Waals surface area contributed by atoms with E-state index in [1.165, 1.54) is 12.1 Å². The zero-order valence-corrected chi connectivity index (χ0v) is 13.4. The largest absolute Gasteiger partial charge is 0.504 e. The van der Waals surface area contributed by atoms with Crippen molar-refractivity contribution in [2.75, 3.05) is 18.8 Å². The van der Waals surface area contributed by atoms with Crippen LogP contribution in [0.5, 0.6) is 5.75 Å². The van der Waals surface area contributed by atoms with Gasteiger partial charge < -0.3 is 10.8 Å². The van der Waals surface area contributed by atoms with Crippen LogP contribution in [0.3, 0.4) is 0 Å². The number of alkyl halides is 1. The summed E-state index contributed by atoms with van der Waals surface area (Å²) in [5.41, 5.74) is 5.55. The van der Waals surface area contributed by atoms with Gasteiger partial charge in [-0.25, -0.2) is 12.8 Å². The van der Waals surface area contributed by atoms with E-state index in [4.69, 9.17) is 17.3 Å². The Bertz CT molecular complexity index is 692. The van der Waals surface area contributed by atoms with Gasteiger partial charge in [0, 0.05) is 19.1 Å². The van der Waals surface area contributed by atoms with Gasteiger partial charge in [0.25, 0.3) is 0 Å². The summed E-state index contributed by atoms with van der Waals surface area (Å²) < 4.78 is 38.5. The molecule has 1 saturated carbocycles. The Balaban J connectivity index is 1.78. The second-order valence-electron chi connectivity index (χ2n) is 5.99. The molecule has 0 bridgehead atoms. The second-order valence-corrected chi connectivity index (χ2v) is 8.56. The number of nitrogen functional groups attached to an aromatic ring is 1. The lowest BCUT2D eigenvalue weighted by Crippen LogP contribution is -2.49. The molecule has 1 saturated heterocycles. The Labute approximate surface area is 133 Å². The third-order valence-corrected chi connectivity index (χ3v) is 7.26. The van der Waals surface area contributed by atoms with Crippen LogP contribution in [0.2, 0.25) is 5.02 Å². The second kappa shape index (κ2) is 5.54. The van der Waals surface area contributed by atoms with E-state index >= 15 is 0 Å². The molecular formula is C14H18ClFN2O3S. The van der Waals surface area contributed by atoms with Crippen molar-refractivity contribution in [3.63, 3.8) is 0 Å². The molecule has 2 fully saturated rings. The number of hydrogen-bond donors (Lipinski definition) is 2. The van der Waals surface area contributed by atoms with E-state index < -0.39 is 27.0 Å². The van der Waals surface area contributed by atoms with E-state index in [0.29, 0.717) is 32.4 Å². The smallest absolute Gasteiger partial charge is 0.186 e. The average molecular weight is 349 g/mol. The Morgan fingerprint density at radius 2 is 2.05 bits per heavy atom. The van der Waals surface area contributed by atoms with E-state index in [0.717, 1.165) is 0 Å². The molecule has 22 heavy (non-hydrogen) atoms. The maximum Gasteiger partial charge on any atom is 0.186 e. The van der Waals surface area contributed by atoms with Crippen molar-refractivity contribution in [2.45, 2.75) is 41.6 Å². The lowest BCUT2D eigenvalue weighted by molar-refractivity contribution is 0.150. The maximum absolute atomic E-state index is 13.2. The molecule has 1 aliphatic carbocycles. The number of halogens is 2. The molecule has 0 amide bonds. The first kappa shape index (κ1) is 15.8. The standard InChI is InChI=1S/C14H18ClFN2O3S/c15-11-1-2-12(17)13(19)14(11)22(20,21)10-5-9(6-10)18-4-3-8(16)7-18/h1-2,8-10,19H,3-7,17H2/t8-,9?,10?/m1/s1. The molecule has 0 aromatic heterocycles. The number of phenolic OH excluding ortho intramolecular Hbond substituents is 1. The maximum atomic E-state index is 13.2. The molecule has 5 nitrogen and oxygen atoms in total. The first-order chi connectivity index (χ1) is 10.3. The van der Waals surface area contributed by atoms with Crippen molar-refractivity contribution in [1.29, 1.82) is 0 Å². The van der Waals surface area contributed by atoms with E-state index in [1.54, 1.807) is 0 Å². The van der Waals surface area contributed by atoms with Crippen LogP contribution in [0.4, 0.5) is 10.1 Å². The van der Waals surface area contributed by atoms with Gasteiger partial charge in [0.05, 0.1) is 16.0 Å². The van der Waals surface area contributed by atoms with E-state index in [9.17, 15) is 17.9 Å². The van der Waals surface area contributed by atoms with Gasteiger partial charge in [-0.05, 0) is 31.4 Å². The van der Waals surface area contributed by atoms with Crippen LogP contribution in [0.25, 0.3) is 0 Å². The molecule has 1 aromatic rings. The summed E-state index contributed by atoms with van der Waals surface area (Å²) in [5, 5.41) is 9.31. The average Bonchev–Trinajstić information content (AvgIpc) is 2.78. The minimum atomic E-state index is -3.74. The summed E-state index contributed by atoms with van der Waals surface area (Å²) in [6.07, 6.45) is 0.553. The Morgan fingerprint density at radius 3 is 2.64 bits per heavy atom. The van der Waals surface area contributed by atoms with Gasteiger partial charge in [-0.1, -0.05) is 11.6 Å². The topological polar surface area (TPSA) is 83.6 Å². The molecule has 1 heterocycles. The minimum absolute atomic E-state index is 0.0151. The highest BCUT2D eigenvalue weighted by atomic mass is 35.5. The molecule has 8 heteroatoms. The monoisotopic (exact) mass is 348 g/mol. The van der Waals surface area contributed by atoms with Crippen molar-refractivity contribution < 1.29 is 17.9 Å². The van der Waals surface area contributed by atoms with Crippen LogP contribution >= 0.6 is 11.6 Å². The third-order valence-electron chi connectivity index (χ3n) is 4.59. The van der Waals surface area contributed by atoms with Gasteiger partial charge in [0.2, 0.25) is 0 Å². The number of hydrogen-bond acceptors (Lipinski definition) is 5. The Kier molecular flexibility index (Phi) is 3.99. The fourth-order valence-electron chi connectivity index (χ4n) is 3.16. The number of aromatic hydroxyl groups is 1. The predicted octanol–water partition coefficient (Wildman–Crippen LogP) is 1.98. The fourth-order valence-corrected chi connectivity index (χ4v) is 5.65. The predicted molar refractivity (Wildman–Crippen MR) is 82.6 cm³/mol. The molecule has 0 spiro atoms. The minimum Gasteiger partial charge on any atom is -0.504 e. The SMILES string of the molecule is Nc1ccc(Cl)c(S(=O)(=O)C2CC(N3CC[C@@H](F)C3)C2)c1O. The summed E-state index contributed by atoms with van der Waals surface area (Å²) >= 11 is 5.94.